The number of nitrogens with one attached hydrogen (secondary N) is 2. The van der Waals surface area contributed by atoms with Crippen LogP contribution in [0.25, 0.3) is 0 Å². The average Bonchev–Trinajstić information content (AvgIpc) is 3.08. The van der Waals surface area contributed by atoms with Gasteiger partial charge in [0.2, 0.25) is 17.7 Å². The Kier molecular flexibility index (Phi) is 6.01. The fourth-order valence-corrected chi connectivity index (χ4v) is 3.10. The quantitative estimate of drug-likeness (QED) is 0.806. The van der Waals surface area contributed by atoms with Crippen molar-refractivity contribution >= 4 is 34.8 Å². The molecule has 6 heteroatoms. The van der Waals surface area contributed by atoms with Crippen LogP contribution in [0.4, 0.5) is 17.1 Å². The Balaban J connectivity index is 1.59. The number of rotatable bonds is 5. The highest BCUT2D eigenvalue weighted by Crippen LogP contribution is 2.22. The minimum absolute atomic E-state index is 0.0856. The Morgan fingerprint density at radius 2 is 1.66 bits per heavy atom. The second kappa shape index (κ2) is 8.47. The van der Waals surface area contributed by atoms with Crippen LogP contribution in [0, 0.1) is 5.41 Å². The van der Waals surface area contributed by atoms with Crippen LogP contribution in [0.5, 0.6) is 0 Å². The third-order valence-electron chi connectivity index (χ3n) is 4.77. The number of hydrogen-bond acceptors (Lipinski definition) is 3. The number of carbonyl (C=O) groups is 3. The van der Waals surface area contributed by atoms with E-state index in [1.807, 2.05) is 45.0 Å². The number of hydrogen-bond donors (Lipinski definition) is 2. The molecule has 1 aliphatic rings. The highest BCUT2D eigenvalue weighted by atomic mass is 16.2. The van der Waals surface area contributed by atoms with Crippen LogP contribution in [-0.4, -0.2) is 24.3 Å². The molecule has 0 unspecified atom stereocenters. The second-order valence-corrected chi connectivity index (χ2v) is 8.33. The number of carbonyl (C=O) groups excluding carboxylic acids is 3. The summed E-state index contributed by atoms with van der Waals surface area (Å²) in [4.78, 5) is 38.1. The van der Waals surface area contributed by atoms with Crippen molar-refractivity contribution < 1.29 is 14.4 Å². The van der Waals surface area contributed by atoms with Crippen LogP contribution < -0.4 is 15.5 Å². The normalized spacial score (nSPS) is 14.0. The summed E-state index contributed by atoms with van der Waals surface area (Å²) in [5.74, 6) is -0.0826. The van der Waals surface area contributed by atoms with E-state index >= 15 is 0 Å². The first kappa shape index (κ1) is 20.6. The van der Waals surface area contributed by atoms with E-state index in [0.717, 1.165) is 24.2 Å². The molecule has 0 bridgehead atoms. The summed E-state index contributed by atoms with van der Waals surface area (Å²) in [6.45, 7) is 6.29. The molecule has 0 aromatic heterocycles. The zero-order valence-corrected chi connectivity index (χ0v) is 17.1. The number of anilines is 3. The summed E-state index contributed by atoms with van der Waals surface area (Å²) < 4.78 is 0. The van der Waals surface area contributed by atoms with Crippen molar-refractivity contribution in [1.82, 2.24) is 0 Å². The smallest absolute Gasteiger partial charge is 0.229 e. The van der Waals surface area contributed by atoms with Gasteiger partial charge in [-0.3, -0.25) is 14.4 Å². The van der Waals surface area contributed by atoms with Gasteiger partial charge in [0.1, 0.15) is 0 Å². The Labute approximate surface area is 171 Å². The van der Waals surface area contributed by atoms with E-state index in [-0.39, 0.29) is 24.1 Å². The van der Waals surface area contributed by atoms with E-state index in [1.54, 1.807) is 29.2 Å². The van der Waals surface area contributed by atoms with Crippen molar-refractivity contribution in [2.45, 2.75) is 40.0 Å². The maximum atomic E-state index is 12.4. The molecule has 1 saturated heterocycles. The molecule has 29 heavy (non-hydrogen) atoms. The molecule has 3 rings (SSSR count). The third kappa shape index (κ3) is 5.44. The van der Waals surface area contributed by atoms with Gasteiger partial charge in [-0.1, -0.05) is 39.0 Å². The lowest BCUT2D eigenvalue weighted by Crippen LogP contribution is -2.27. The molecule has 1 fully saturated rings. The van der Waals surface area contributed by atoms with Crippen LogP contribution in [0.2, 0.25) is 0 Å². The van der Waals surface area contributed by atoms with Crippen molar-refractivity contribution in [3.8, 4) is 0 Å². The monoisotopic (exact) mass is 393 g/mol. The molecule has 3 amide bonds. The summed E-state index contributed by atoms with van der Waals surface area (Å²) >= 11 is 0. The number of amides is 3. The maximum Gasteiger partial charge on any atom is 0.229 e. The van der Waals surface area contributed by atoms with Gasteiger partial charge in [-0.05, 0) is 42.3 Å². The Bertz CT molecular complexity index is 914. The zero-order valence-electron chi connectivity index (χ0n) is 17.1. The van der Waals surface area contributed by atoms with Crippen molar-refractivity contribution in [3.63, 3.8) is 0 Å². The summed E-state index contributed by atoms with van der Waals surface area (Å²) in [6, 6.07) is 14.6. The van der Waals surface area contributed by atoms with Crippen LogP contribution in [0.1, 0.15) is 39.2 Å². The molecule has 6 nitrogen and oxygen atoms in total. The van der Waals surface area contributed by atoms with E-state index < -0.39 is 5.41 Å². The van der Waals surface area contributed by atoms with Gasteiger partial charge in [-0.25, -0.2) is 0 Å². The molecular formula is C23H27N3O3. The maximum absolute atomic E-state index is 12.4. The van der Waals surface area contributed by atoms with Gasteiger partial charge < -0.3 is 15.5 Å². The van der Waals surface area contributed by atoms with Crippen LogP contribution in [0.15, 0.2) is 48.5 Å². The highest BCUT2D eigenvalue weighted by molar-refractivity contribution is 5.97. The molecule has 1 heterocycles. The third-order valence-corrected chi connectivity index (χ3v) is 4.77. The van der Waals surface area contributed by atoms with Crippen molar-refractivity contribution in [3.05, 3.63) is 54.1 Å². The fourth-order valence-electron chi connectivity index (χ4n) is 3.10. The summed E-state index contributed by atoms with van der Waals surface area (Å²) in [5, 5.41) is 5.72. The van der Waals surface area contributed by atoms with Crippen molar-refractivity contribution in [2.75, 3.05) is 22.1 Å². The first-order valence-electron chi connectivity index (χ1n) is 9.83. The SMILES string of the molecule is CC(C)(C)C(=O)Nc1cccc(NC(=O)Cc2ccc(N3CCCC3=O)cc2)c1. The second-order valence-electron chi connectivity index (χ2n) is 8.33. The lowest BCUT2D eigenvalue weighted by molar-refractivity contribution is -0.123. The van der Waals surface area contributed by atoms with E-state index in [4.69, 9.17) is 0 Å². The summed E-state index contributed by atoms with van der Waals surface area (Å²) in [5.41, 5.74) is 2.52. The predicted molar refractivity (Wildman–Crippen MR) is 115 cm³/mol. The number of benzene rings is 2. The first-order chi connectivity index (χ1) is 13.7. The Morgan fingerprint density at radius 1 is 1.00 bits per heavy atom. The topological polar surface area (TPSA) is 78.5 Å². The Morgan fingerprint density at radius 3 is 2.24 bits per heavy atom. The van der Waals surface area contributed by atoms with Gasteiger partial charge in [0, 0.05) is 35.4 Å². The molecule has 152 valence electrons. The zero-order chi connectivity index (χ0) is 21.0. The number of nitrogens with zero attached hydrogens (tertiary/aromatic N) is 1. The Hall–Kier alpha value is -3.15. The lowest BCUT2D eigenvalue weighted by atomic mass is 9.95. The summed E-state index contributed by atoms with van der Waals surface area (Å²) in [7, 11) is 0. The van der Waals surface area contributed by atoms with Gasteiger partial charge in [-0.2, -0.15) is 0 Å². The van der Waals surface area contributed by atoms with Gasteiger partial charge in [0.25, 0.3) is 0 Å². The molecule has 1 aliphatic heterocycles. The highest BCUT2D eigenvalue weighted by Gasteiger charge is 2.22. The molecule has 0 aliphatic carbocycles. The van der Waals surface area contributed by atoms with E-state index in [1.165, 1.54) is 0 Å². The van der Waals surface area contributed by atoms with Crippen molar-refractivity contribution in [2.24, 2.45) is 5.41 Å². The molecule has 2 aromatic carbocycles. The van der Waals surface area contributed by atoms with E-state index in [2.05, 4.69) is 10.6 Å². The van der Waals surface area contributed by atoms with Gasteiger partial charge >= 0.3 is 0 Å². The molecule has 2 N–H and O–H groups in total. The predicted octanol–water partition coefficient (Wildman–Crippen LogP) is 3.98. The minimum atomic E-state index is -0.495. The van der Waals surface area contributed by atoms with Gasteiger partial charge in [0.15, 0.2) is 0 Å². The molecule has 0 radical (unpaired) electrons. The van der Waals surface area contributed by atoms with E-state index in [0.29, 0.717) is 17.8 Å². The lowest BCUT2D eigenvalue weighted by Gasteiger charge is -2.18. The minimum Gasteiger partial charge on any atom is -0.326 e. The molecule has 0 saturated carbocycles. The fraction of sp³-hybridized carbons (Fsp3) is 0.348. The molecule has 2 aromatic rings. The standard InChI is InChI=1S/C23H27N3O3/c1-23(2,3)22(29)25-18-7-4-6-17(15-18)24-20(27)14-16-9-11-19(12-10-16)26-13-5-8-21(26)28/h4,6-7,9-12,15H,5,8,13-14H2,1-3H3,(H,24,27)(H,25,29). The van der Waals surface area contributed by atoms with Crippen LogP contribution in [-0.2, 0) is 20.8 Å². The van der Waals surface area contributed by atoms with E-state index in [9.17, 15) is 14.4 Å². The van der Waals surface area contributed by atoms with Gasteiger partial charge in [0.05, 0.1) is 6.42 Å². The molecular weight excluding hydrogens is 366 g/mol. The molecule has 0 atom stereocenters. The molecule has 0 spiro atoms. The van der Waals surface area contributed by atoms with Crippen LogP contribution >= 0.6 is 0 Å². The van der Waals surface area contributed by atoms with Crippen molar-refractivity contribution in [1.29, 1.82) is 0 Å². The van der Waals surface area contributed by atoms with Gasteiger partial charge in [-0.15, -0.1) is 0 Å². The first-order valence-corrected chi connectivity index (χ1v) is 9.83. The van der Waals surface area contributed by atoms with Crippen LogP contribution in [0.3, 0.4) is 0 Å². The average molecular weight is 393 g/mol. The summed E-state index contributed by atoms with van der Waals surface area (Å²) in [6.07, 6.45) is 1.71. The largest absolute Gasteiger partial charge is 0.326 e.